The topological polar surface area (TPSA) is 58.4 Å². The van der Waals surface area contributed by atoms with Gasteiger partial charge in [-0.2, -0.15) is 0 Å². The molecule has 4 nitrogen and oxygen atoms in total. The minimum Gasteiger partial charge on any atom is -0.353 e. The van der Waals surface area contributed by atoms with E-state index in [4.69, 9.17) is 5.73 Å². The van der Waals surface area contributed by atoms with Crippen LogP contribution in [0.25, 0.3) is 0 Å². The van der Waals surface area contributed by atoms with E-state index in [2.05, 4.69) is 17.1 Å². The van der Waals surface area contributed by atoms with Crippen LogP contribution in [0.4, 0.5) is 0 Å². The van der Waals surface area contributed by atoms with Gasteiger partial charge in [-0.25, -0.2) is 0 Å². The highest BCUT2D eigenvalue weighted by molar-refractivity contribution is 5.76. The van der Waals surface area contributed by atoms with Crippen molar-refractivity contribution in [1.82, 2.24) is 10.2 Å². The number of carbonyl (C=O) groups is 1. The van der Waals surface area contributed by atoms with E-state index >= 15 is 0 Å². The molecular weight excluding hydrogens is 250 g/mol. The summed E-state index contributed by atoms with van der Waals surface area (Å²) in [5, 5.41) is 3.20. The summed E-state index contributed by atoms with van der Waals surface area (Å²) in [5.41, 5.74) is 6.00. The molecule has 2 unspecified atom stereocenters. The molecule has 2 rings (SSSR count). The van der Waals surface area contributed by atoms with Crippen LogP contribution in [0.3, 0.4) is 0 Å². The molecule has 116 valence electrons. The van der Waals surface area contributed by atoms with Gasteiger partial charge in [0.2, 0.25) is 5.91 Å². The molecule has 1 saturated heterocycles. The van der Waals surface area contributed by atoms with Gasteiger partial charge in [0.1, 0.15) is 0 Å². The first-order valence-corrected chi connectivity index (χ1v) is 8.42. The van der Waals surface area contributed by atoms with Crippen LogP contribution in [0, 0.1) is 5.92 Å². The first-order valence-electron chi connectivity index (χ1n) is 8.42. The molecule has 1 aliphatic heterocycles. The molecule has 20 heavy (non-hydrogen) atoms. The second-order valence-corrected chi connectivity index (χ2v) is 6.71. The Morgan fingerprint density at radius 2 is 2.00 bits per heavy atom. The van der Waals surface area contributed by atoms with E-state index in [1.165, 1.54) is 44.9 Å². The second-order valence-electron chi connectivity index (χ2n) is 6.71. The fraction of sp³-hybridized carbons (Fsp3) is 0.938. The van der Waals surface area contributed by atoms with Gasteiger partial charge < -0.3 is 16.0 Å². The number of amides is 1. The quantitative estimate of drug-likeness (QED) is 0.809. The first kappa shape index (κ1) is 15.8. The zero-order chi connectivity index (χ0) is 14.4. The predicted octanol–water partition coefficient (Wildman–Crippen LogP) is 1.88. The van der Waals surface area contributed by atoms with E-state index in [9.17, 15) is 4.79 Å². The summed E-state index contributed by atoms with van der Waals surface area (Å²) < 4.78 is 0. The Hall–Kier alpha value is -0.610. The molecule has 1 heterocycles. The summed E-state index contributed by atoms with van der Waals surface area (Å²) in [6.07, 6.45) is 9.31. The minimum atomic E-state index is 0.236. The zero-order valence-electron chi connectivity index (χ0n) is 12.9. The summed E-state index contributed by atoms with van der Waals surface area (Å²) in [5.74, 6) is 0.838. The minimum absolute atomic E-state index is 0.236. The first-order chi connectivity index (χ1) is 9.65. The third-order valence-electron chi connectivity index (χ3n) is 4.91. The third kappa shape index (κ3) is 5.06. The van der Waals surface area contributed by atoms with Crippen molar-refractivity contribution in [1.29, 1.82) is 0 Å². The Bertz CT molecular complexity index is 300. The molecule has 0 radical (unpaired) electrons. The normalized spacial score (nSPS) is 27.2. The lowest BCUT2D eigenvalue weighted by molar-refractivity contribution is -0.122. The molecule has 2 atom stereocenters. The molecule has 1 amide bonds. The van der Waals surface area contributed by atoms with Gasteiger partial charge in [0.15, 0.2) is 0 Å². The van der Waals surface area contributed by atoms with E-state index < -0.39 is 0 Å². The number of likely N-dealkylation sites (tertiary alicyclic amines) is 1. The van der Waals surface area contributed by atoms with E-state index in [0.717, 1.165) is 19.6 Å². The highest BCUT2D eigenvalue weighted by atomic mass is 16.1. The Morgan fingerprint density at radius 3 is 2.70 bits per heavy atom. The number of hydrogen-bond donors (Lipinski definition) is 2. The SMILES string of the molecule is CC(N)C1CCCN(CCC(=O)NC2CCCCC2)C1. The average molecular weight is 281 g/mol. The Balaban J connectivity index is 1.64. The summed E-state index contributed by atoms with van der Waals surface area (Å²) >= 11 is 0. The van der Waals surface area contributed by atoms with Crippen molar-refractivity contribution in [3.05, 3.63) is 0 Å². The average Bonchev–Trinajstić information content (AvgIpc) is 2.46. The van der Waals surface area contributed by atoms with Crippen molar-refractivity contribution in [2.24, 2.45) is 11.7 Å². The molecule has 0 aromatic carbocycles. The van der Waals surface area contributed by atoms with Crippen molar-refractivity contribution in [3.8, 4) is 0 Å². The number of nitrogens with two attached hydrogens (primary N) is 1. The largest absolute Gasteiger partial charge is 0.353 e. The van der Waals surface area contributed by atoms with Crippen LogP contribution in [-0.2, 0) is 4.79 Å². The highest BCUT2D eigenvalue weighted by Gasteiger charge is 2.23. The van der Waals surface area contributed by atoms with Crippen LogP contribution in [-0.4, -0.2) is 42.5 Å². The second kappa shape index (κ2) is 7.99. The van der Waals surface area contributed by atoms with Gasteiger partial charge in [0.25, 0.3) is 0 Å². The lowest BCUT2D eigenvalue weighted by Crippen LogP contribution is -2.44. The van der Waals surface area contributed by atoms with Crippen molar-refractivity contribution in [3.63, 3.8) is 0 Å². The van der Waals surface area contributed by atoms with Crippen LogP contribution in [0.5, 0.6) is 0 Å². The van der Waals surface area contributed by atoms with Gasteiger partial charge >= 0.3 is 0 Å². The highest BCUT2D eigenvalue weighted by Crippen LogP contribution is 2.19. The summed E-state index contributed by atoms with van der Waals surface area (Å²) in [6.45, 7) is 5.18. The molecule has 0 aromatic heterocycles. The van der Waals surface area contributed by atoms with E-state index in [0.29, 0.717) is 18.4 Å². The fourth-order valence-corrected chi connectivity index (χ4v) is 3.53. The summed E-state index contributed by atoms with van der Waals surface area (Å²) in [7, 11) is 0. The summed E-state index contributed by atoms with van der Waals surface area (Å²) in [4.78, 5) is 14.4. The Morgan fingerprint density at radius 1 is 1.25 bits per heavy atom. The van der Waals surface area contributed by atoms with E-state index in [1.54, 1.807) is 0 Å². The molecule has 2 fully saturated rings. The number of hydrogen-bond acceptors (Lipinski definition) is 3. The van der Waals surface area contributed by atoms with Gasteiger partial charge in [-0.3, -0.25) is 4.79 Å². The molecular formula is C16H31N3O. The lowest BCUT2D eigenvalue weighted by Gasteiger charge is -2.34. The van der Waals surface area contributed by atoms with Crippen LogP contribution >= 0.6 is 0 Å². The third-order valence-corrected chi connectivity index (χ3v) is 4.91. The number of piperidine rings is 1. The van der Waals surface area contributed by atoms with Crippen LogP contribution in [0.15, 0.2) is 0 Å². The van der Waals surface area contributed by atoms with E-state index in [-0.39, 0.29) is 11.9 Å². The van der Waals surface area contributed by atoms with E-state index in [1.807, 2.05) is 0 Å². The molecule has 2 aliphatic rings. The molecule has 3 N–H and O–H groups in total. The van der Waals surface area contributed by atoms with Crippen molar-refractivity contribution in [2.75, 3.05) is 19.6 Å². The molecule has 0 spiro atoms. The molecule has 0 aromatic rings. The van der Waals surface area contributed by atoms with Gasteiger partial charge in [-0.05, 0) is 45.1 Å². The van der Waals surface area contributed by atoms with Crippen molar-refractivity contribution >= 4 is 5.91 Å². The molecule has 4 heteroatoms. The molecule has 0 bridgehead atoms. The van der Waals surface area contributed by atoms with Crippen molar-refractivity contribution in [2.45, 2.75) is 70.4 Å². The molecule has 1 saturated carbocycles. The number of rotatable bonds is 5. The Labute approximate surface area is 123 Å². The number of nitrogens with one attached hydrogen (secondary N) is 1. The number of carbonyl (C=O) groups excluding carboxylic acids is 1. The standard InChI is InChI=1S/C16H31N3O/c1-13(17)14-6-5-10-19(12-14)11-9-16(20)18-15-7-3-2-4-8-15/h13-15H,2-12,17H2,1H3,(H,18,20). The van der Waals surface area contributed by atoms with Gasteiger partial charge in [-0.1, -0.05) is 19.3 Å². The summed E-state index contributed by atoms with van der Waals surface area (Å²) in [6, 6.07) is 0.711. The monoisotopic (exact) mass is 281 g/mol. The lowest BCUT2D eigenvalue weighted by atomic mass is 9.92. The smallest absolute Gasteiger partial charge is 0.221 e. The number of nitrogens with zero attached hydrogens (tertiary/aromatic N) is 1. The predicted molar refractivity (Wildman–Crippen MR) is 82.4 cm³/mol. The van der Waals surface area contributed by atoms with Crippen molar-refractivity contribution < 1.29 is 4.79 Å². The maximum Gasteiger partial charge on any atom is 0.221 e. The van der Waals surface area contributed by atoms with Crippen LogP contribution in [0.2, 0.25) is 0 Å². The maximum atomic E-state index is 12.0. The molecule has 1 aliphatic carbocycles. The Kier molecular flexibility index (Phi) is 6.30. The maximum absolute atomic E-state index is 12.0. The fourth-order valence-electron chi connectivity index (χ4n) is 3.53. The van der Waals surface area contributed by atoms with Gasteiger partial charge in [0, 0.05) is 31.6 Å². The van der Waals surface area contributed by atoms with Gasteiger partial charge in [0.05, 0.1) is 0 Å². The van der Waals surface area contributed by atoms with Crippen LogP contribution in [0.1, 0.15) is 58.3 Å². The zero-order valence-corrected chi connectivity index (χ0v) is 12.9. The van der Waals surface area contributed by atoms with Crippen LogP contribution < -0.4 is 11.1 Å². The van der Waals surface area contributed by atoms with Gasteiger partial charge in [-0.15, -0.1) is 0 Å².